The van der Waals surface area contributed by atoms with Crippen molar-refractivity contribution in [3.05, 3.63) is 116 Å². The minimum atomic E-state index is -0.751. The van der Waals surface area contributed by atoms with Gasteiger partial charge in [-0.3, -0.25) is 4.79 Å². The van der Waals surface area contributed by atoms with Gasteiger partial charge in [-0.05, 0) is 54.3 Å². The molecule has 2 aromatic carbocycles. The van der Waals surface area contributed by atoms with Crippen LogP contribution in [0, 0.1) is 11.3 Å². The van der Waals surface area contributed by atoms with Crippen molar-refractivity contribution in [2.24, 2.45) is 0 Å². The van der Waals surface area contributed by atoms with E-state index in [2.05, 4.69) is 21.4 Å². The van der Waals surface area contributed by atoms with Gasteiger partial charge in [-0.2, -0.15) is 15.3 Å². The van der Waals surface area contributed by atoms with Crippen LogP contribution in [0.4, 0.5) is 11.6 Å². The number of hydrogen-bond donors (Lipinski definition) is 1. The summed E-state index contributed by atoms with van der Waals surface area (Å²) in [6.07, 6.45) is 3.27. The molecule has 1 unspecified atom stereocenters. The third-order valence-electron chi connectivity index (χ3n) is 8.05. The summed E-state index contributed by atoms with van der Waals surface area (Å²) >= 11 is 6.55. The molecule has 3 heterocycles. The molecule has 14 heteroatoms. The first kappa shape index (κ1) is 36.4. The highest BCUT2D eigenvalue weighted by atomic mass is 35.5. The zero-order chi connectivity index (χ0) is 36.8. The number of ether oxygens (including phenoxy) is 3. The first-order chi connectivity index (χ1) is 24.5. The lowest BCUT2D eigenvalue weighted by Crippen LogP contribution is -2.23. The van der Waals surface area contributed by atoms with Crippen molar-refractivity contribution in [3.8, 4) is 23.4 Å². The molecule has 51 heavy (non-hydrogen) atoms. The van der Waals surface area contributed by atoms with Gasteiger partial charge in [-0.25, -0.2) is 14.5 Å². The van der Waals surface area contributed by atoms with Crippen molar-refractivity contribution in [1.82, 2.24) is 24.3 Å². The van der Waals surface area contributed by atoms with Crippen molar-refractivity contribution in [1.29, 1.82) is 5.26 Å². The molecule has 0 aliphatic carbocycles. The number of nitrogens with one attached hydrogen (secondary N) is 1. The average molecular weight is 711 g/mol. The van der Waals surface area contributed by atoms with E-state index in [1.54, 1.807) is 66.3 Å². The molecular formula is C37H39ClN8O5. The van der Waals surface area contributed by atoms with Crippen molar-refractivity contribution in [2.45, 2.75) is 39.3 Å². The van der Waals surface area contributed by atoms with Gasteiger partial charge in [0.25, 0.3) is 5.56 Å². The molecule has 0 spiro atoms. The van der Waals surface area contributed by atoms with Crippen molar-refractivity contribution < 1.29 is 19.0 Å². The third kappa shape index (κ3) is 7.81. The number of aromatic nitrogens is 5. The molecule has 264 valence electrons. The van der Waals surface area contributed by atoms with Crippen LogP contribution in [-0.2, 0) is 11.3 Å². The number of esters is 1. The summed E-state index contributed by atoms with van der Waals surface area (Å²) in [5.41, 5.74) is 3.78. The molecule has 13 nitrogen and oxygen atoms in total. The number of nitrogens with zero attached hydrogens (tertiary/aromatic N) is 7. The maximum absolute atomic E-state index is 13.8. The Kier molecular flexibility index (Phi) is 11.3. The zero-order valence-electron chi connectivity index (χ0n) is 29.5. The predicted octanol–water partition coefficient (Wildman–Crippen LogP) is 5.98. The summed E-state index contributed by atoms with van der Waals surface area (Å²) < 4.78 is 19.6. The summed E-state index contributed by atoms with van der Waals surface area (Å²) in [6.45, 7) is 6.04. The fraction of sp³-hybridized carbons (Fsp3) is 0.297. The van der Waals surface area contributed by atoms with Crippen LogP contribution >= 0.6 is 11.6 Å². The van der Waals surface area contributed by atoms with E-state index in [1.807, 2.05) is 52.2 Å². The second-order valence-corrected chi connectivity index (χ2v) is 12.5. The smallest absolute Gasteiger partial charge is 0.359 e. The van der Waals surface area contributed by atoms with Crippen LogP contribution in [0.15, 0.2) is 71.8 Å². The molecule has 0 bridgehead atoms. The minimum Gasteiger partial charge on any atom is -0.497 e. The van der Waals surface area contributed by atoms with Gasteiger partial charge in [0, 0.05) is 25.9 Å². The number of rotatable bonds is 13. The Labute approximate surface area is 301 Å². The molecule has 5 aromatic rings. The summed E-state index contributed by atoms with van der Waals surface area (Å²) in [6, 6.07) is 17.3. The maximum atomic E-state index is 13.8. The lowest BCUT2D eigenvalue weighted by Gasteiger charge is -2.24. The fourth-order valence-corrected chi connectivity index (χ4v) is 5.87. The van der Waals surface area contributed by atoms with E-state index in [4.69, 9.17) is 30.9 Å². The van der Waals surface area contributed by atoms with Gasteiger partial charge in [-0.1, -0.05) is 49.7 Å². The van der Waals surface area contributed by atoms with E-state index in [0.29, 0.717) is 45.5 Å². The van der Waals surface area contributed by atoms with Crippen LogP contribution in [0.3, 0.4) is 0 Å². The van der Waals surface area contributed by atoms with Gasteiger partial charge >= 0.3 is 5.97 Å². The number of anilines is 2. The molecular weight excluding hydrogens is 672 g/mol. The van der Waals surface area contributed by atoms with Gasteiger partial charge in [0.2, 0.25) is 11.8 Å². The zero-order valence-corrected chi connectivity index (χ0v) is 30.2. The minimum absolute atomic E-state index is 0.000325. The van der Waals surface area contributed by atoms with Crippen molar-refractivity contribution in [3.63, 3.8) is 0 Å². The number of pyridine rings is 1. The Bertz CT molecular complexity index is 2120. The molecule has 1 N–H and O–H groups in total. The van der Waals surface area contributed by atoms with Crippen LogP contribution in [0.5, 0.6) is 11.6 Å². The van der Waals surface area contributed by atoms with Gasteiger partial charge in [0.15, 0.2) is 5.69 Å². The highest BCUT2D eigenvalue weighted by molar-refractivity contribution is 6.30. The molecule has 5 rings (SSSR count). The monoisotopic (exact) mass is 710 g/mol. The van der Waals surface area contributed by atoms with Gasteiger partial charge < -0.3 is 29.0 Å². The predicted molar refractivity (Wildman–Crippen MR) is 195 cm³/mol. The van der Waals surface area contributed by atoms with Crippen LogP contribution < -0.4 is 25.2 Å². The van der Waals surface area contributed by atoms with Crippen LogP contribution in [-0.4, -0.2) is 65.2 Å². The van der Waals surface area contributed by atoms with Crippen LogP contribution in [0.1, 0.15) is 71.2 Å². The Hall–Kier alpha value is -5.87. The van der Waals surface area contributed by atoms with E-state index >= 15 is 0 Å². The standard InChI is InChI=1S/C37H39ClN8O5/c1-8-51-36(48)32-30(33(22(2)3)46(43-32)29-19-40-37(44(4)5)42-34(29)50-7)31(25-13-9-23(18-39)10-14-25)41-26-17-28(38)35(47)45(21-26)20-24-11-15-27(49-6)16-12-24/h9-17,19,21-22,31,41H,8,20H2,1-7H3. The summed E-state index contributed by atoms with van der Waals surface area (Å²) in [5, 5.41) is 17.9. The largest absolute Gasteiger partial charge is 0.497 e. The Morgan fingerprint density at radius 1 is 1.08 bits per heavy atom. The van der Waals surface area contributed by atoms with Gasteiger partial charge in [-0.15, -0.1) is 0 Å². The number of methoxy groups -OCH3 is 2. The summed E-state index contributed by atoms with van der Waals surface area (Å²) in [4.78, 5) is 37.8. The van der Waals surface area contributed by atoms with Gasteiger partial charge in [0.1, 0.15) is 16.5 Å². The van der Waals surface area contributed by atoms with Crippen LogP contribution in [0.2, 0.25) is 5.02 Å². The molecule has 0 saturated carbocycles. The first-order valence-corrected chi connectivity index (χ1v) is 16.5. The number of nitriles is 1. The molecule has 0 radical (unpaired) electrons. The second-order valence-electron chi connectivity index (χ2n) is 12.1. The molecule has 1 atom stereocenters. The van der Waals surface area contributed by atoms with Crippen molar-refractivity contribution in [2.75, 3.05) is 45.1 Å². The number of benzene rings is 2. The summed E-state index contributed by atoms with van der Waals surface area (Å²) in [7, 11) is 6.73. The van der Waals surface area contributed by atoms with E-state index in [9.17, 15) is 14.9 Å². The Morgan fingerprint density at radius 2 is 1.78 bits per heavy atom. The van der Waals surface area contributed by atoms with E-state index in [-0.39, 0.29) is 41.2 Å². The quantitative estimate of drug-likeness (QED) is 0.144. The fourth-order valence-electron chi connectivity index (χ4n) is 5.64. The van der Waals surface area contributed by atoms with Crippen molar-refractivity contribution >= 4 is 29.2 Å². The molecule has 0 fully saturated rings. The van der Waals surface area contributed by atoms with E-state index in [1.165, 1.54) is 11.7 Å². The topological polar surface area (TPSA) is 149 Å². The molecule has 0 saturated heterocycles. The molecule has 0 aliphatic heterocycles. The number of hydrogen-bond acceptors (Lipinski definition) is 11. The number of carbonyl (C=O) groups excluding carboxylic acids is 1. The highest BCUT2D eigenvalue weighted by Crippen LogP contribution is 2.38. The SMILES string of the molecule is CCOC(=O)c1nn(-c2cnc(N(C)C)nc2OC)c(C(C)C)c1C(Nc1cc(Cl)c(=O)n(Cc2ccc(OC)cc2)c1)c1ccc(C#N)cc1. The molecule has 0 aliphatic rings. The number of carbonyl (C=O) groups is 1. The normalized spacial score (nSPS) is 11.5. The lowest BCUT2D eigenvalue weighted by molar-refractivity contribution is 0.0517. The average Bonchev–Trinajstić information content (AvgIpc) is 3.53. The Balaban J connectivity index is 1.74. The van der Waals surface area contributed by atoms with E-state index in [0.717, 1.165) is 5.56 Å². The van der Waals surface area contributed by atoms with Gasteiger partial charge in [0.05, 0.1) is 62.6 Å². The Morgan fingerprint density at radius 3 is 2.37 bits per heavy atom. The third-order valence-corrected chi connectivity index (χ3v) is 8.32. The first-order valence-electron chi connectivity index (χ1n) is 16.2. The highest BCUT2D eigenvalue weighted by Gasteiger charge is 2.34. The second kappa shape index (κ2) is 15.8. The van der Waals surface area contributed by atoms with E-state index < -0.39 is 12.0 Å². The maximum Gasteiger partial charge on any atom is 0.359 e. The van der Waals surface area contributed by atoms with Crippen LogP contribution in [0.25, 0.3) is 5.69 Å². The summed E-state index contributed by atoms with van der Waals surface area (Å²) in [5.74, 6) is 0.533. The number of halogens is 1. The molecule has 0 amide bonds. The molecule has 3 aromatic heterocycles. The lowest BCUT2D eigenvalue weighted by atomic mass is 9.91.